The van der Waals surface area contributed by atoms with Gasteiger partial charge in [0.05, 0.1) is 12.0 Å². The second kappa shape index (κ2) is 7.53. The van der Waals surface area contributed by atoms with Gasteiger partial charge in [-0.05, 0) is 36.5 Å². The second-order valence-electron chi connectivity index (χ2n) is 7.06. The van der Waals surface area contributed by atoms with E-state index in [4.69, 9.17) is 9.47 Å². The summed E-state index contributed by atoms with van der Waals surface area (Å²) in [5, 5.41) is 9.69. The molecule has 0 spiro atoms. The summed E-state index contributed by atoms with van der Waals surface area (Å²) in [6.45, 7) is 3.70. The zero-order valence-corrected chi connectivity index (χ0v) is 14.4. The Hall–Kier alpha value is -1.59. The summed E-state index contributed by atoms with van der Waals surface area (Å²) >= 11 is 0. The zero-order valence-electron chi connectivity index (χ0n) is 14.4. The van der Waals surface area contributed by atoms with Crippen molar-refractivity contribution in [2.75, 3.05) is 33.4 Å². The summed E-state index contributed by atoms with van der Waals surface area (Å²) < 4.78 is 10.8. The number of carboxylic acids is 1. The Morgan fingerprint density at radius 3 is 3.04 bits per heavy atom. The zero-order chi connectivity index (χ0) is 17.0. The molecule has 1 aromatic carbocycles. The molecule has 1 saturated carbocycles. The van der Waals surface area contributed by atoms with Crippen LogP contribution in [0, 0.1) is 11.3 Å². The number of hydrogen-bond acceptors (Lipinski definition) is 4. The molecule has 1 N–H and O–H groups in total. The second-order valence-corrected chi connectivity index (χ2v) is 7.06. The van der Waals surface area contributed by atoms with E-state index in [0.29, 0.717) is 25.7 Å². The summed E-state index contributed by atoms with van der Waals surface area (Å²) in [6.07, 6.45) is 3.79. The molecule has 0 unspecified atom stereocenters. The van der Waals surface area contributed by atoms with Gasteiger partial charge in [-0.15, -0.1) is 0 Å². The minimum Gasteiger partial charge on any atom is -0.493 e. The van der Waals surface area contributed by atoms with Crippen LogP contribution in [0.5, 0.6) is 5.75 Å². The lowest BCUT2D eigenvalue weighted by molar-refractivity contribution is -0.149. The van der Waals surface area contributed by atoms with Crippen molar-refractivity contribution >= 4 is 5.97 Å². The monoisotopic (exact) mass is 333 g/mol. The van der Waals surface area contributed by atoms with Crippen LogP contribution in [0.15, 0.2) is 24.3 Å². The third kappa shape index (κ3) is 3.57. The number of carbonyl (C=O) groups is 1. The molecule has 2 fully saturated rings. The van der Waals surface area contributed by atoms with Gasteiger partial charge in [0.15, 0.2) is 0 Å². The third-order valence-electron chi connectivity index (χ3n) is 5.43. The number of carboxylic acid groups (broad SMARTS) is 1. The molecule has 1 aliphatic heterocycles. The van der Waals surface area contributed by atoms with Crippen LogP contribution in [0.25, 0.3) is 0 Å². The Balaban J connectivity index is 1.58. The number of aliphatic carboxylic acids is 1. The highest BCUT2D eigenvalue weighted by molar-refractivity contribution is 5.76. The van der Waals surface area contributed by atoms with Crippen molar-refractivity contribution in [1.82, 2.24) is 4.90 Å². The number of ether oxygens (including phenoxy) is 2. The van der Waals surface area contributed by atoms with Gasteiger partial charge in [-0.2, -0.15) is 0 Å². The molecule has 1 aromatic rings. The number of nitrogens with zero attached hydrogens (tertiary/aromatic N) is 1. The van der Waals surface area contributed by atoms with Crippen LogP contribution in [0.3, 0.4) is 0 Å². The van der Waals surface area contributed by atoms with E-state index in [1.165, 1.54) is 5.56 Å². The highest BCUT2D eigenvalue weighted by Crippen LogP contribution is 2.49. The van der Waals surface area contributed by atoms with Gasteiger partial charge < -0.3 is 14.6 Å². The van der Waals surface area contributed by atoms with Gasteiger partial charge in [-0.25, -0.2) is 0 Å². The summed E-state index contributed by atoms with van der Waals surface area (Å²) in [5.74, 6) is 0.571. The van der Waals surface area contributed by atoms with E-state index in [1.54, 1.807) is 7.11 Å². The Labute approximate surface area is 143 Å². The van der Waals surface area contributed by atoms with Crippen molar-refractivity contribution in [2.24, 2.45) is 11.3 Å². The normalized spacial score (nSPS) is 26.5. The minimum atomic E-state index is -0.609. The summed E-state index contributed by atoms with van der Waals surface area (Å²) in [4.78, 5) is 14.1. The summed E-state index contributed by atoms with van der Waals surface area (Å²) in [7, 11) is 1.69. The smallest absolute Gasteiger partial charge is 0.311 e. The molecular formula is C19H27NO4. The first-order chi connectivity index (χ1) is 11.6. The topological polar surface area (TPSA) is 59.0 Å². The maximum absolute atomic E-state index is 11.8. The first-order valence-electron chi connectivity index (χ1n) is 8.80. The Morgan fingerprint density at radius 2 is 2.29 bits per heavy atom. The van der Waals surface area contributed by atoms with E-state index in [2.05, 4.69) is 17.0 Å². The Kier molecular flexibility index (Phi) is 5.41. The van der Waals surface area contributed by atoms with Crippen LogP contribution in [0.4, 0.5) is 0 Å². The van der Waals surface area contributed by atoms with Gasteiger partial charge in [-0.1, -0.05) is 18.6 Å². The number of fused-ring (bicyclic) bond motifs is 1. The molecule has 0 radical (unpaired) electrons. The van der Waals surface area contributed by atoms with Crippen LogP contribution in [-0.2, 0) is 16.1 Å². The molecule has 5 nitrogen and oxygen atoms in total. The van der Waals surface area contributed by atoms with Gasteiger partial charge in [0.1, 0.15) is 5.75 Å². The minimum absolute atomic E-state index is 0.309. The molecule has 0 amide bonds. The lowest BCUT2D eigenvalue weighted by atomic mass is 9.81. The Morgan fingerprint density at radius 1 is 1.42 bits per heavy atom. The standard InChI is InChI=1S/C19H27NO4/c1-23-9-4-10-24-17-7-2-5-15(11-17)12-20-13-16-6-3-8-19(16,14-20)18(21)22/h2,5,7,11,16H,3-4,6,8-10,12-14H2,1H3,(H,21,22)/t16-,19+/m0/s1. The number of rotatable bonds is 8. The maximum Gasteiger partial charge on any atom is 0.311 e. The van der Waals surface area contributed by atoms with E-state index in [1.807, 2.05) is 12.1 Å². The molecule has 3 rings (SSSR count). The quantitative estimate of drug-likeness (QED) is 0.741. The van der Waals surface area contributed by atoms with Gasteiger partial charge in [0.25, 0.3) is 0 Å². The molecule has 2 aliphatic rings. The van der Waals surface area contributed by atoms with E-state index < -0.39 is 11.4 Å². The summed E-state index contributed by atoms with van der Waals surface area (Å²) in [6, 6.07) is 8.12. The molecule has 1 heterocycles. The molecule has 0 aromatic heterocycles. The van der Waals surface area contributed by atoms with Crippen molar-refractivity contribution in [3.63, 3.8) is 0 Å². The molecule has 24 heavy (non-hydrogen) atoms. The average molecular weight is 333 g/mol. The fourth-order valence-corrected chi connectivity index (χ4v) is 4.25. The van der Waals surface area contributed by atoms with Crippen molar-refractivity contribution in [3.8, 4) is 5.75 Å². The van der Waals surface area contributed by atoms with E-state index in [9.17, 15) is 9.90 Å². The molecule has 1 saturated heterocycles. The van der Waals surface area contributed by atoms with Crippen LogP contribution >= 0.6 is 0 Å². The van der Waals surface area contributed by atoms with Crippen LogP contribution in [-0.4, -0.2) is 49.4 Å². The number of hydrogen-bond donors (Lipinski definition) is 1. The van der Waals surface area contributed by atoms with Gasteiger partial charge in [0.2, 0.25) is 0 Å². The van der Waals surface area contributed by atoms with Crippen molar-refractivity contribution in [1.29, 1.82) is 0 Å². The molecule has 5 heteroatoms. The van der Waals surface area contributed by atoms with Crippen LogP contribution in [0.1, 0.15) is 31.2 Å². The third-order valence-corrected chi connectivity index (χ3v) is 5.43. The van der Waals surface area contributed by atoms with Crippen LogP contribution in [0.2, 0.25) is 0 Å². The van der Waals surface area contributed by atoms with Crippen LogP contribution < -0.4 is 4.74 Å². The highest BCUT2D eigenvalue weighted by Gasteiger charge is 2.54. The van der Waals surface area contributed by atoms with E-state index in [-0.39, 0.29) is 0 Å². The van der Waals surface area contributed by atoms with E-state index in [0.717, 1.165) is 44.5 Å². The molecule has 0 bridgehead atoms. The van der Waals surface area contributed by atoms with Gasteiger partial charge >= 0.3 is 5.97 Å². The number of likely N-dealkylation sites (tertiary alicyclic amines) is 1. The molecule has 1 aliphatic carbocycles. The van der Waals surface area contributed by atoms with Crippen molar-refractivity contribution in [3.05, 3.63) is 29.8 Å². The molecule has 2 atom stereocenters. The van der Waals surface area contributed by atoms with Crippen molar-refractivity contribution < 1.29 is 19.4 Å². The number of methoxy groups -OCH3 is 1. The predicted molar refractivity (Wildman–Crippen MR) is 91.1 cm³/mol. The maximum atomic E-state index is 11.8. The molecule has 132 valence electrons. The first kappa shape index (κ1) is 17.2. The lowest BCUT2D eigenvalue weighted by Crippen LogP contribution is -2.35. The fourth-order valence-electron chi connectivity index (χ4n) is 4.25. The summed E-state index contributed by atoms with van der Waals surface area (Å²) in [5.41, 5.74) is 0.675. The molecular weight excluding hydrogens is 306 g/mol. The number of benzene rings is 1. The lowest BCUT2D eigenvalue weighted by Gasteiger charge is -2.23. The first-order valence-corrected chi connectivity index (χ1v) is 8.80. The highest BCUT2D eigenvalue weighted by atomic mass is 16.5. The van der Waals surface area contributed by atoms with Gasteiger partial charge in [0, 0.05) is 39.8 Å². The SMILES string of the molecule is COCCCOc1cccc(CN2C[C@@H]3CCC[C@@]3(C(=O)O)C2)c1. The Bertz CT molecular complexity index is 576. The van der Waals surface area contributed by atoms with Gasteiger partial charge in [-0.3, -0.25) is 9.69 Å². The fraction of sp³-hybridized carbons (Fsp3) is 0.632. The average Bonchev–Trinajstić information content (AvgIpc) is 3.10. The largest absolute Gasteiger partial charge is 0.493 e. The van der Waals surface area contributed by atoms with E-state index >= 15 is 0 Å². The van der Waals surface area contributed by atoms with Crippen molar-refractivity contribution in [2.45, 2.75) is 32.2 Å². The predicted octanol–water partition coefficient (Wildman–Crippen LogP) is 2.79.